The summed E-state index contributed by atoms with van der Waals surface area (Å²) in [5.41, 5.74) is 2.75. The molecule has 2 aliphatic rings. The van der Waals surface area contributed by atoms with Crippen LogP contribution in [-0.4, -0.2) is 37.0 Å². The van der Waals surface area contributed by atoms with Gasteiger partial charge < -0.3 is 10.6 Å². The summed E-state index contributed by atoms with van der Waals surface area (Å²) < 4.78 is 0. The van der Waals surface area contributed by atoms with Gasteiger partial charge in [-0.3, -0.25) is 9.69 Å². The third-order valence-electron chi connectivity index (χ3n) is 4.31. The molecule has 1 fully saturated rings. The lowest BCUT2D eigenvalue weighted by Gasteiger charge is -2.36. The molecule has 1 amide bonds. The van der Waals surface area contributed by atoms with Crippen molar-refractivity contribution in [2.75, 3.05) is 20.1 Å². The number of hydrogen-bond donors (Lipinski definition) is 2. The minimum Gasteiger partial charge on any atom is -0.358 e. The van der Waals surface area contributed by atoms with E-state index in [-0.39, 0.29) is 11.9 Å². The minimum atomic E-state index is 0.0305. The lowest BCUT2D eigenvalue weighted by atomic mass is 9.95. The molecule has 102 valence electrons. The van der Waals surface area contributed by atoms with Crippen LogP contribution in [-0.2, 0) is 11.3 Å². The number of amides is 1. The lowest BCUT2D eigenvalue weighted by Crippen LogP contribution is -2.47. The van der Waals surface area contributed by atoms with E-state index < -0.39 is 0 Å². The maximum absolute atomic E-state index is 12.0. The zero-order chi connectivity index (χ0) is 13.2. The van der Waals surface area contributed by atoms with E-state index in [9.17, 15) is 4.79 Å². The Balaban J connectivity index is 1.88. The molecule has 1 saturated heterocycles. The second kappa shape index (κ2) is 5.31. The lowest BCUT2D eigenvalue weighted by molar-refractivity contribution is -0.125. The first-order valence-corrected chi connectivity index (χ1v) is 7.07. The molecule has 2 atom stereocenters. The first kappa shape index (κ1) is 12.6. The molecule has 1 aromatic carbocycles. The van der Waals surface area contributed by atoms with Crippen molar-refractivity contribution in [1.29, 1.82) is 0 Å². The Kier molecular flexibility index (Phi) is 3.53. The normalized spacial score (nSPS) is 27.0. The largest absolute Gasteiger partial charge is 0.358 e. The number of rotatable bonds is 2. The molecular weight excluding hydrogens is 238 g/mol. The number of carbonyl (C=O) groups is 1. The molecule has 0 saturated carbocycles. The Morgan fingerprint density at radius 2 is 2.26 bits per heavy atom. The van der Waals surface area contributed by atoms with E-state index >= 15 is 0 Å². The molecule has 0 radical (unpaired) electrons. The van der Waals surface area contributed by atoms with Crippen molar-refractivity contribution >= 4 is 5.91 Å². The monoisotopic (exact) mass is 259 g/mol. The SMILES string of the molecule is CNC(=O)C1CCCN1C1CNCc2ccccc21. The third-order valence-corrected chi connectivity index (χ3v) is 4.31. The number of likely N-dealkylation sites (tertiary alicyclic amines) is 1. The van der Waals surface area contributed by atoms with Crippen molar-refractivity contribution in [3.8, 4) is 0 Å². The quantitative estimate of drug-likeness (QED) is 0.834. The van der Waals surface area contributed by atoms with Gasteiger partial charge in [0, 0.05) is 26.2 Å². The molecule has 4 nitrogen and oxygen atoms in total. The van der Waals surface area contributed by atoms with Crippen molar-refractivity contribution in [3.63, 3.8) is 0 Å². The third kappa shape index (κ3) is 2.26. The molecule has 2 heterocycles. The molecule has 19 heavy (non-hydrogen) atoms. The molecule has 0 bridgehead atoms. The fourth-order valence-corrected chi connectivity index (χ4v) is 3.38. The number of hydrogen-bond acceptors (Lipinski definition) is 3. The van der Waals surface area contributed by atoms with Crippen LogP contribution in [0.15, 0.2) is 24.3 Å². The van der Waals surface area contributed by atoms with Crippen LogP contribution >= 0.6 is 0 Å². The summed E-state index contributed by atoms with van der Waals surface area (Å²) in [6.07, 6.45) is 2.08. The van der Waals surface area contributed by atoms with E-state index in [1.54, 1.807) is 7.05 Å². The van der Waals surface area contributed by atoms with Gasteiger partial charge in [-0.2, -0.15) is 0 Å². The van der Waals surface area contributed by atoms with E-state index in [0.717, 1.165) is 32.5 Å². The van der Waals surface area contributed by atoms with E-state index in [4.69, 9.17) is 0 Å². The summed E-state index contributed by atoms with van der Waals surface area (Å²) in [5.74, 6) is 0.153. The Morgan fingerprint density at radius 3 is 3.11 bits per heavy atom. The highest BCUT2D eigenvalue weighted by molar-refractivity contribution is 5.81. The molecule has 4 heteroatoms. The average Bonchev–Trinajstić information content (AvgIpc) is 2.95. The molecule has 3 rings (SSSR count). The molecule has 0 aromatic heterocycles. The van der Waals surface area contributed by atoms with E-state index in [1.165, 1.54) is 11.1 Å². The molecule has 2 aliphatic heterocycles. The van der Waals surface area contributed by atoms with E-state index in [1.807, 2.05) is 0 Å². The summed E-state index contributed by atoms with van der Waals surface area (Å²) in [4.78, 5) is 14.4. The van der Waals surface area contributed by atoms with Gasteiger partial charge in [-0.05, 0) is 30.5 Å². The fraction of sp³-hybridized carbons (Fsp3) is 0.533. The van der Waals surface area contributed by atoms with Gasteiger partial charge in [0.2, 0.25) is 5.91 Å². The maximum Gasteiger partial charge on any atom is 0.237 e. The number of benzene rings is 1. The van der Waals surface area contributed by atoms with Gasteiger partial charge in [0.1, 0.15) is 0 Å². The Bertz CT molecular complexity index is 474. The van der Waals surface area contributed by atoms with Crippen molar-refractivity contribution in [2.24, 2.45) is 0 Å². The van der Waals surface area contributed by atoms with Crippen LogP contribution in [0.2, 0.25) is 0 Å². The topological polar surface area (TPSA) is 44.4 Å². The molecular formula is C15H21N3O. The second-order valence-electron chi connectivity index (χ2n) is 5.36. The van der Waals surface area contributed by atoms with Crippen molar-refractivity contribution in [3.05, 3.63) is 35.4 Å². The van der Waals surface area contributed by atoms with Crippen molar-refractivity contribution < 1.29 is 4.79 Å². The summed E-state index contributed by atoms with van der Waals surface area (Å²) in [6, 6.07) is 8.93. The van der Waals surface area contributed by atoms with Crippen LogP contribution in [0, 0.1) is 0 Å². The van der Waals surface area contributed by atoms with Gasteiger partial charge in [-0.15, -0.1) is 0 Å². The molecule has 2 unspecified atom stereocenters. The Hall–Kier alpha value is -1.39. The minimum absolute atomic E-state index is 0.0305. The summed E-state index contributed by atoms with van der Waals surface area (Å²) >= 11 is 0. The highest BCUT2D eigenvalue weighted by atomic mass is 16.2. The summed E-state index contributed by atoms with van der Waals surface area (Å²) in [6.45, 7) is 2.88. The zero-order valence-corrected chi connectivity index (χ0v) is 11.4. The van der Waals surface area contributed by atoms with Crippen LogP contribution in [0.1, 0.15) is 30.0 Å². The Labute approximate surface area is 114 Å². The van der Waals surface area contributed by atoms with Gasteiger partial charge in [-0.25, -0.2) is 0 Å². The Morgan fingerprint density at radius 1 is 1.42 bits per heavy atom. The predicted molar refractivity (Wildman–Crippen MR) is 74.7 cm³/mol. The molecule has 0 spiro atoms. The first-order valence-electron chi connectivity index (χ1n) is 7.07. The van der Waals surface area contributed by atoms with Crippen LogP contribution < -0.4 is 10.6 Å². The first-order chi connectivity index (χ1) is 9.31. The van der Waals surface area contributed by atoms with Gasteiger partial charge in [0.25, 0.3) is 0 Å². The zero-order valence-electron chi connectivity index (χ0n) is 11.4. The van der Waals surface area contributed by atoms with Crippen LogP contribution in [0.25, 0.3) is 0 Å². The summed E-state index contributed by atoms with van der Waals surface area (Å²) in [5, 5.41) is 6.27. The maximum atomic E-state index is 12.0. The van der Waals surface area contributed by atoms with Crippen LogP contribution in [0.5, 0.6) is 0 Å². The smallest absolute Gasteiger partial charge is 0.237 e. The van der Waals surface area contributed by atoms with Gasteiger partial charge in [-0.1, -0.05) is 24.3 Å². The summed E-state index contributed by atoms with van der Waals surface area (Å²) in [7, 11) is 1.73. The van der Waals surface area contributed by atoms with Crippen molar-refractivity contribution in [1.82, 2.24) is 15.5 Å². The molecule has 1 aromatic rings. The van der Waals surface area contributed by atoms with Gasteiger partial charge in [0.15, 0.2) is 0 Å². The highest BCUT2D eigenvalue weighted by Crippen LogP contribution is 2.32. The number of fused-ring (bicyclic) bond motifs is 1. The second-order valence-corrected chi connectivity index (χ2v) is 5.36. The highest BCUT2D eigenvalue weighted by Gasteiger charge is 2.37. The van der Waals surface area contributed by atoms with Gasteiger partial charge in [0.05, 0.1) is 6.04 Å². The number of nitrogens with zero attached hydrogens (tertiary/aromatic N) is 1. The van der Waals surface area contributed by atoms with Crippen LogP contribution in [0.3, 0.4) is 0 Å². The van der Waals surface area contributed by atoms with Gasteiger partial charge >= 0.3 is 0 Å². The number of nitrogens with one attached hydrogen (secondary N) is 2. The van der Waals surface area contributed by atoms with Crippen LogP contribution in [0.4, 0.5) is 0 Å². The van der Waals surface area contributed by atoms with E-state index in [0.29, 0.717) is 6.04 Å². The van der Waals surface area contributed by atoms with E-state index in [2.05, 4.69) is 39.8 Å². The molecule has 0 aliphatic carbocycles. The number of likely N-dealkylation sites (N-methyl/N-ethyl adjacent to an activating group) is 1. The fourth-order valence-electron chi connectivity index (χ4n) is 3.38. The standard InChI is InChI=1S/C15H21N3O/c1-16-15(19)13-7-4-8-18(13)14-10-17-9-11-5-2-3-6-12(11)14/h2-3,5-6,13-14,17H,4,7-10H2,1H3,(H,16,19). The van der Waals surface area contributed by atoms with Crippen molar-refractivity contribution in [2.45, 2.75) is 31.5 Å². The number of carbonyl (C=O) groups excluding carboxylic acids is 1. The predicted octanol–water partition coefficient (Wildman–Crippen LogP) is 1.04. The molecule has 2 N–H and O–H groups in total. The average molecular weight is 259 g/mol.